The Morgan fingerprint density at radius 3 is 2.88 bits per heavy atom. The number of piperidine rings is 1. The second-order valence-electron chi connectivity index (χ2n) is 4.73. The van der Waals surface area contributed by atoms with Crippen molar-refractivity contribution in [3.63, 3.8) is 0 Å². The highest BCUT2D eigenvalue weighted by Crippen LogP contribution is 2.27. The molecular weight excluding hydrogens is 212 g/mol. The van der Waals surface area contributed by atoms with Crippen molar-refractivity contribution in [2.45, 2.75) is 25.8 Å². The minimum absolute atomic E-state index is 0.616. The summed E-state index contributed by atoms with van der Waals surface area (Å²) < 4.78 is 5.25. The minimum Gasteiger partial charge on any atom is -0.497 e. The number of hydrogen-bond donors (Lipinski definition) is 1. The molecule has 0 bridgehead atoms. The van der Waals surface area contributed by atoms with Crippen LogP contribution in [-0.4, -0.2) is 33.3 Å². The van der Waals surface area contributed by atoms with Gasteiger partial charge in [-0.25, -0.2) is 0 Å². The van der Waals surface area contributed by atoms with Gasteiger partial charge in [-0.05, 0) is 50.6 Å². The van der Waals surface area contributed by atoms with Gasteiger partial charge in [0.25, 0.3) is 0 Å². The van der Waals surface area contributed by atoms with E-state index >= 15 is 0 Å². The Balaban J connectivity index is 2.16. The average molecular weight is 234 g/mol. The molecule has 1 fully saturated rings. The number of aryl methyl sites for hydroxylation is 1. The van der Waals surface area contributed by atoms with Crippen molar-refractivity contribution in [3.05, 3.63) is 23.8 Å². The first-order valence-corrected chi connectivity index (χ1v) is 6.31. The van der Waals surface area contributed by atoms with Crippen LogP contribution < -0.4 is 15.0 Å². The summed E-state index contributed by atoms with van der Waals surface area (Å²) in [5, 5.41) is 3.38. The summed E-state index contributed by atoms with van der Waals surface area (Å²) in [6, 6.07) is 6.95. The predicted molar refractivity (Wildman–Crippen MR) is 72.0 cm³/mol. The van der Waals surface area contributed by atoms with Crippen LogP contribution >= 0.6 is 0 Å². The van der Waals surface area contributed by atoms with Crippen LogP contribution in [0.5, 0.6) is 5.75 Å². The molecule has 0 aromatic heterocycles. The van der Waals surface area contributed by atoms with E-state index in [-0.39, 0.29) is 0 Å². The molecule has 3 nitrogen and oxygen atoms in total. The smallest absolute Gasteiger partial charge is 0.119 e. The van der Waals surface area contributed by atoms with Crippen molar-refractivity contribution in [2.24, 2.45) is 0 Å². The number of rotatable bonds is 3. The van der Waals surface area contributed by atoms with Gasteiger partial charge in [0.1, 0.15) is 5.75 Å². The lowest BCUT2D eigenvalue weighted by Crippen LogP contribution is -2.44. The standard InChI is InChI=1S/C14H22N2O/c1-11-9-13(17-3)6-7-14(11)16-8-4-5-12(10-16)15-2/h6-7,9,12,15H,4-5,8,10H2,1-3H3. The molecule has 1 saturated heterocycles. The van der Waals surface area contributed by atoms with E-state index in [1.807, 2.05) is 6.07 Å². The maximum Gasteiger partial charge on any atom is 0.119 e. The Morgan fingerprint density at radius 1 is 1.41 bits per heavy atom. The number of hydrogen-bond acceptors (Lipinski definition) is 3. The normalized spacial score (nSPS) is 20.4. The molecular formula is C14H22N2O. The van der Waals surface area contributed by atoms with Crippen molar-refractivity contribution in [2.75, 3.05) is 32.1 Å². The number of likely N-dealkylation sites (N-methyl/N-ethyl adjacent to an activating group) is 1. The molecule has 1 atom stereocenters. The maximum atomic E-state index is 5.25. The van der Waals surface area contributed by atoms with Crippen LogP contribution in [0.25, 0.3) is 0 Å². The topological polar surface area (TPSA) is 24.5 Å². The van der Waals surface area contributed by atoms with Gasteiger partial charge in [-0.2, -0.15) is 0 Å². The van der Waals surface area contributed by atoms with Crippen molar-refractivity contribution < 1.29 is 4.74 Å². The van der Waals surface area contributed by atoms with Crippen LogP contribution in [0.1, 0.15) is 18.4 Å². The number of nitrogens with zero attached hydrogens (tertiary/aromatic N) is 1. The van der Waals surface area contributed by atoms with Gasteiger partial charge in [0.2, 0.25) is 0 Å². The van der Waals surface area contributed by atoms with E-state index in [4.69, 9.17) is 4.74 Å². The molecule has 1 aliphatic heterocycles. The molecule has 1 aliphatic rings. The van der Waals surface area contributed by atoms with Crippen LogP contribution in [0.3, 0.4) is 0 Å². The van der Waals surface area contributed by atoms with E-state index < -0.39 is 0 Å². The Bertz CT molecular complexity index is 378. The fourth-order valence-corrected chi connectivity index (χ4v) is 2.54. The molecule has 0 amide bonds. The zero-order valence-corrected chi connectivity index (χ0v) is 11.0. The molecule has 1 N–H and O–H groups in total. The summed E-state index contributed by atoms with van der Waals surface area (Å²) in [7, 11) is 3.77. The maximum absolute atomic E-state index is 5.25. The van der Waals surface area contributed by atoms with Crippen molar-refractivity contribution in [3.8, 4) is 5.75 Å². The van der Waals surface area contributed by atoms with Gasteiger partial charge in [-0.15, -0.1) is 0 Å². The number of methoxy groups -OCH3 is 1. The van der Waals surface area contributed by atoms with Crippen LogP contribution in [0.15, 0.2) is 18.2 Å². The minimum atomic E-state index is 0.616. The van der Waals surface area contributed by atoms with E-state index in [9.17, 15) is 0 Å². The summed E-state index contributed by atoms with van der Waals surface area (Å²) in [4.78, 5) is 2.47. The number of benzene rings is 1. The van der Waals surface area contributed by atoms with E-state index in [0.717, 1.165) is 18.8 Å². The molecule has 0 radical (unpaired) electrons. The quantitative estimate of drug-likeness (QED) is 0.867. The third-order valence-corrected chi connectivity index (χ3v) is 3.57. The van der Waals surface area contributed by atoms with Gasteiger partial charge >= 0.3 is 0 Å². The highest BCUT2D eigenvalue weighted by Gasteiger charge is 2.19. The number of nitrogens with one attached hydrogen (secondary N) is 1. The second-order valence-corrected chi connectivity index (χ2v) is 4.73. The summed E-state index contributed by atoms with van der Waals surface area (Å²) in [6.45, 7) is 4.41. The van der Waals surface area contributed by atoms with Gasteiger partial charge in [0.15, 0.2) is 0 Å². The number of anilines is 1. The fraction of sp³-hybridized carbons (Fsp3) is 0.571. The third kappa shape index (κ3) is 2.72. The fourth-order valence-electron chi connectivity index (χ4n) is 2.54. The molecule has 0 saturated carbocycles. The highest BCUT2D eigenvalue weighted by molar-refractivity contribution is 5.56. The van der Waals surface area contributed by atoms with Crippen LogP contribution in [0, 0.1) is 6.92 Å². The lowest BCUT2D eigenvalue weighted by Gasteiger charge is -2.35. The first-order chi connectivity index (χ1) is 8.24. The van der Waals surface area contributed by atoms with Crippen molar-refractivity contribution >= 4 is 5.69 Å². The SMILES string of the molecule is CNC1CCCN(c2ccc(OC)cc2C)C1. The van der Waals surface area contributed by atoms with E-state index in [1.165, 1.54) is 24.1 Å². The van der Waals surface area contributed by atoms with Gasteiger partial charge < -0.3 is 15.0 Å². The van der Waals surface area contributed by atoms with Gasteiger partial charge in [0.05, 0.1) is 7.11 Å². The monoisotopic (exact) mass is 234 g/mol. The molecule has 1 aromatic rings. The van der Waals surface area contributed by atoms with Crippen LogP contribution in [0.4, 0.5) is 5.69 Å². The molecule has 1 aromatic carbocycles. The lowest BCUT2D eigenvalue weighted by molar-refractivity contribution is 0.414. The second kappa shape index (κ2) is 5.41. The van der Waals surface area contributed by atoms with Crippen molar-refractivity contribution in [1.29, 1.82) is 0 Å². The molecule has 1 heterocycles. The molecule has 0 aliphatic carbocycles. The molecule has 94 valence electrons. The Hall–Kier alpha value is -1.22. The summed E-state index contributed by atoms with van der Waals surface area (Å²) in [6.07, 6.45) is 2.54. The van der Waals surface area contributed by atoms with Crippen molar-refractivity contribution in [1.82, 2.24) is 5.32 Å². The zero-order chi connectivity index (χ0) is 12.3. The third-order valence-electron chi connectivity index (χ3n) is 3.57. The lowest BCUT2D eigenvalue weighted by atomic mass is 10.0. The molecule has 17 heavy (non-hydrogen) atoms. The summed E-state index contributed by atoms with van der Waals surface area (Å²) in [5.74, 6) is 0.938. The van der Waals surface area contributed by atoms with Gasteiger partial charge in [-0.3, -0.25) is 0 Å². The molecule has 2 rings (SSSR count). The first kappa shape index (κ1) is 12.2. The van der Waals surface area contributed by atoms with Crippen LogP contribution in [-0.2, 0) is 0 Å². The number of ether oxygens (including phenoxy) is 1. The average Bonchev–Trinajstić information content (AvgIpc) is 2.38. The van der Waals surface area contributed by atoms with E-state index in [2.05, 4.69) is 36.3 Å². The molecule has 3 heteroatoms. The summed E-state index contributed by atoms with van der Waals surface area (Å²) in [5.41, 5.74) is 2.63. The Labute approximate surface area is 104 Å². The van der Waals surface area contributed by atoms with E-state index in [1.54, 1.807) is 7.11 Å². The first-order valence-electron chi connectivity index (χ1n) is 6.31. The Kier molecular flexibility index (Phi) is 3.89. The van der Waals surface area contributed by atoms with Crippen LogP contribution in [0.2, 0.25) is 0 Å². The van der Waals surface area contributed by atoms with Gasteiger partial charge in [0, 0.05) is 24.8 Å². The predicted octanol–water partition coefficient (Wildman–Crippen LogP) is 2.19. The molecule has 1 unspecified atom stereocenters. The largest absolute Gasteiger partial charge is 0.497 e. The molecule has 0 spiro atoms. The van der Waals surface area contributed by atoms with E-state index in [0.29, 0.717) is 6.04 Å². The van der Waals surface area contributed by atoms with Gasteiger partial charge in [-0.1, -0.05) is 0 Å². The Morgan fingerprint density at radius 2 is 2.24 bits per heavy atom. The zero-order valence-electron chi connectivity index (χ0n) is 11.0. The summed E-state index contributed by atoms with van der Waals surface area (Å²) >= 11 is 0. The highest BCUT2D eigenvalue weighted by atomic mass is 16.5.